The lowest BCUT2D eigenvalue weighted by molar-refractivity contribution is 0.289. The summed E-state index contributed by atoms with van der Waals surface area (Å²) in [6.45, 7) is 4.91. The Morgan fingerprint density at radius 3 is 2.84 bits per heavy atom. The van der Waals surface area contributed by atoms with Crippen LogP contribution in [0.25, 0.3) is 10.9 Å². The third-order valence-corrected chi connectivity index (χ3v) is 3.44. The van der Waals surface area contributed by atoms with Gasteiger partial charge in [-0.3, -0.25) is 9.88 Å². The number of hydrogen-bond acceptors (Lipinski definition) is 3. The van der Waals surface area contributed by atoms with Crippen LogP contribution >= 0.6 is 12.2 Å². The average Bonchev–Trinajstić information content (AvgIpc) is 2.43. The van der Waals surface area contributed by atoms with Crippen molar-refractivity contribution in [3.05, 3.63) is 42.1 Å². The lowest BCUT2D eigenvalue weighted by Crippen LogP contribution is -2.27. The number of benzene rings is 1. The monoisotopic (exact) mass is 273 g/mol. The molecule has 100 valence electrons. The maximum Gasteiger partial charge on any atom is 0.0746 e. The van der Waals surface area contributed by atoms with Gasteiger partial charge in [0, 0.05) is 31.1 Å². The number of nitrogens with two attached hydrogens (primary N) is 1. The molecule has 3 nitrogen and oxygen atoms in total. The topological polar surface area (TPSA) is 42.1 Å². The fourth-order valence-electron chi connectivity index (χ4n) is 2.15. The summed E-state index contributed by atoms with van der Waals surface area (Å²) in [7, 11) is 0. The van der Waals surface area contributed by atoms with E-state index in [0.717, 1.165) is 31.6 Å². The van der Waals surface area contributed by atoms with Gasteiger partial charge in [0.1, 0.15) is 0 Å². The molecule has 0 bridgehead atoms. The van der Waals surface area contributed by atoms with Gasteiger partial charge in [-0.15, -0.1) is 0 Å². The molecule has 0 unspecified atom stereocenters. The van der Waals surface area contributed by atoms with Crippen molar-refractivity contribution in [1.29, 1.82) is 0 Å². The zero-order chi connectivity index (χ0) is 13.7. The second kappa shape index (κ2) is 6.59. The van der Waals surface area contributed by atoms with Crippen molar-refractivity contribution >= 4 is 28.1 Å². The minimum absolute atomic E-state index is 0.578. The van der Waals surface area contributed by atoms with E-state index in [1.54, 1.807) is 0 Å². The van der Waals surface area contributed by atoms with E-state index in [-0.39, 0.29) is 0 Å². The van der Waals surface area contributed by atoms with Crippen molar-refractivity contribution in [2.24, 2.45) is 5.73 Å². The van der Waals surface area contributed by atoms with Crippen LogP contribution in [0.2, 0.25) is 0 Å². The Bertz CT molecular complexity index is 563. The molecule has 1 aromatic carbocycles. The van der Waals surface area contributed by atoms with Gasteiger partial charge in [-0.05, 0) is 18.2 Å². The lowest BCUT2D eigenvalue weighted by atomic mass is 10.1. The molecule has 1 heterocycles. The maximum absolute atomic E-state index is 5.57. The highest BCUT2D eigenvalue weighted by molar-refractivity contribution is 7.80. The predicted molar refractivity (Wildman–Crippen MR) is 84.1 cm³/mol. The summed E-state index contributed by atoms with van der Waals surface area (Å²) in [5, 5.41) is 1.19. The molecule has 0 aliphatic rings. The molecule has 1 aromatic heterocycles. The highest BCUT2D eigenvalue weighted by atomic mass is 32.1. The van der Waals surface area contributed by atoms with E-state index < -0.39 is 0 Å². The van der Waals surface area contributed by atoms with Gasteiger partial charge in [-0.1, -0.05) is 43.4 Å². The first-order valence-electron chi connectivity index (χ1n) is 6.54. The number of thiocarbonyl (C=S) groups is 1. The fraction of sp³-hybridized carbons (Fsp3) is 0.333. The first kappa shape index (κ1) is 13.9. The van der Waals surface area contributed by atoms with Crippen LogP contribution in [0.5, 0.6) is 0 Å². The van der Waals surface area contributed by atoms with Gasteiger partial charge >= 0.3 is 0 Å². The summed E-state index contributed by atoms with van der Waals surface area (Å²) in [5.74, 6) is 0. The highest BCUT2D eigenvalue weighted by Crippen LogP contribution is 2.17. The van der Waals surface area contributed by atoms with E-state index in [4.69, 9.17) is 18.0 Å². The largest absolute Gasteiger partial charge is 0.393 e. The van der Waals surface area contributed by atoms with Gasteiger partial charge in [0.05, 0.1) is 10.5 Å². The molecule has 0 fully saturated rings. The van der Waals surface area contributed by atoms with Crippen molar-refractivity contribution in [1.82, 2.24) is 9.88 Å². The molecule has 0 aliphatic heterocycles. The van der Waals surface area contributed by atoms with Crippen LogP contribution in [-0.2, 0) is 6.54 Å². The molecule has 2 aromatic rings. The average molecular weight is 273 g/mol. The zero-order valence-electron chi connectivity index (χ0n) is 11.2. The van der Waals surface area contributed by atoms with E-state index in [9.17, 15) is 0 Å². The van der Waals surface area contributed by atoms with Crippen LogP contribution in [0.15, 0.2) is 36.5 Å². The molecule has 0 saturated carbocycles. The summed E-state index contributed by atoms with van der Waals surface area (Å²) in [5.41, 5.74) is 7.91. The molecule has 2 N–H and O–H groups in total. The van der Waals surface area contributed by atoms with E-state index >= 15 is 0 Å². The molecule has 19 heavy (non-hydrogen) atoms. The summed E-state index contributed by atoms with van der Waals surface area (Å²) >= 11 is 4.94. The van der Waals surface area contributed by atoms with Crippen molar-refractivity contribution in [3.8, 4) is 0 Å². The predicted octanol–water partition coefficient (Wildman–Crippen LogP) is 2.73. The van der Waals surface area contributed by atoms with Crippen molar-refractivity contribution < 1.29 is 0 Å². The molecule has 0 spiro atoms. The van der Waals surface area contributed by atoms with Crippen molar-refractivity contribution in [2.45, 2.75) is 19.9 Å². The molecular weight excluding hydrogens is 254 g/mol. The standard InChI is InChI=1S/C15H19N3S/c1-2-18(10-8-14(16)19)11-13-6-3-5-12-7-4-9-17-15(12)13/h3-7,9H,2,8,10-11H2,1H3,(H2,16,19). The Morgan fingerprint density at radius 2 is 2.11 bits per heavy atom. The van der Waals surface area contributed by atoms with Crippen LogP contribution in [0.1, 0.15) is 18.9 Å². The summed E-state index contributed by atoms with van der Waals surface area (Å²) < 4.78 is 0. The van der Waals surface area contributed by atoms with Gasteiger partial charge in [0.15, 0.2) is 0 Å². The molecule has 2 rings (SSSR count). The number of nitrogens with zero attached hydrogens (tertiary/aromatic N) is 2. The van der Waals surface area contributed by atoms with Crippen LogP contribution in [-0.4, -0.2) is 28.0 Å². The van der Waals surface area contributed by atoms with Gasteiger partial charge < -0.3 is 5.73 Å². The molecule has 0 atom stereocenters. The lowest BCUT2D eigenvalue weighted by Gasteiger charge is -2.20. The molecule has 0 saturated heterocycles. The molecule has 0 aliphatic carbocycles. The number of rotatable bonds is 6. The van der Waals surface area contributed by atoms with E-state index in [2.05, 4.69) is 41.1 Å². The van der Waals surface area contributed by atoms with Crippen LogP contribution in [0.4, 0.5) is 0 Å². The third kappa shape index (κ3) is 3.72. The smallest absolute Gasteiger partial charge is 0.0746 e. The number of fused-ring (bicyclic) bond motifs is 1. The Morgan fingerprint density at radius 1 is 1.32 bits per heavy atom. The second-order valence-corrected chi connectivity index (χ2v) is 5.10. The van der Waals surface area contributed by atoms with Gasteiger partial charge in [-0.2, -0.15) is 0 Å². The summed E-state index contributed by atoms with van der Waals surface area (Å²) in [4.78, 5) is 7.40. The molecular formula is C15H19N3S. The Hall–Kier alpha value is -1.52. The summed E-state index contributed by atoms with van der Waals surface area (Å²) in [6, 6.07) is 10.4. The normalized spacial score (nSPS) is 11.1. The number of pyridine rings is 1. The number of aromatic nitrogens is 1. The zero-order valence-corrected chi connectivity index (χ0v) is 12.0. The molecule has 0 radical (unpaired) electrons. The van der Waals surface area contributed by atoms with Crippen molar-refractivity contribution in [2.75, 3.05) is 13.1 Å². The van der Waals surface area contributed by atoms with Crippen LogP contribution < -0.4 is 5.73 Å². The van der Waals surface area contributed by atoms with E-state index in [1.165, 1.54) is 10.9 Å². The van der Waals surface area contributed by atoms with Crippen LogP contribution in [0, 0.1) is 0 Å². The number of para-hydroxylation sites is 1. The van der Waals surface area contributed by atoms with Gasteiger partial charge in [-0.25, -0.2) is 0 Å². The van der Waals surface area contributed by atoms with E-state index in [1.807, 2.05) is 12.3 Å². The highest BCUT2D eigenvalue weighted by Gasteiger charge is 2.07. The third-order valence-electron chi connectivity index (χ3n) is 3.23. The van der Waals surface area contributed by atoms with E-state index in [0.29, 0.717) is 4.99 Å². The first-order chi connectivity index (χ1) is 9.20. The fourth-order valence-corrected chi connectivity index (χ4v) is 2.24. The Kier molecular flexibility index (Phi) is 4.82. The quantitative estimate of drug-likeness (QED) is 0.822. The summed E-state index contributed by atoms with van der Waals surface area (Å²) in [6.07, 6.45) is 2.61. The van der Waals surface area contributed by atoms with Crippen molar-refractivity contribution in [3.63, 3.8) is 0 Å². The van der Waals surface area contributed by atoms with Gasteiger partial charge in [0.25, 0.3) is 0 Å². The first-order valence-corrected chi connectivity index (χ1v) is 6.95. The second-order valence-electron chi connectivity index (χ2n) is 4.58. The molecule has 0 amide bonds. The minimum Gasteiger partial charge on any atom is -0.393 e. The SMILES string of the molecule is CCN(CCC(N)=S)Cc1cccc2cccnc12. The maximum atomic E-state index is 5.57. The Labute approximate surface area is 119 Å². The minimum atomic E-state index is 0.578. The number of hydrogen-bond donors (Lipinski definition) is 1. The Balaban J connectivity index is 2.17. The van der Waals surface area contributed by atoms with Crippen LogP contribution in [0.3, 0.4) is 0 Å². The molecule has 4 heteroatoms. The van der Waals surface area contributed by atoms with Gasteiger partial charge in [0.2, 0.25) is 0 Å².